The van der Waals surface area contributed by atoms with Gasteiger partial charge in [0.2, 0.25) is 0 Å². The third kappa shape index (κ3) is 2.57. The zero-order valence-electron chi connectivity index (χ0n) is 11.4. The molecule has 106 valence electrons. The van der Waals surface area contributed by atoms with E-state index in [4.69, 9.17) is 11.6 Å². The van der Waals surface area contributed by atoms with Crippen LogP contribution in [0.5, 0.6) is 0 Å². The molecular weight excluding hydrogens is 289 g/mol. The van der Waals surface area contributed by atoms with Crippen LogP contribution in [0.15, 0.2) is 47.3 Å². The molecule has 0 bridgehead atoms. The van der Waals surface area contributed by atoms with Crippen LogP contribution < -0.4 is 5.43 Å². The van der Waals surface area contributed by atoms with Gasteiger partial charge in [-0.2, -0.15) is 0 Å². The second kappa shape index (κ2) is 5.34. The van der Waals surface area contributed by atoms with E-state index in [1.54, 1.807) is 30.3 Å². The molecule has 0 aliphatic heterocycles. The first-order valence-electron chi connectivity index (χ1n) is 6.60. The minimum absolute atomic E-state index is 0.0342. The van der Waals surface area contributed by atoms with Crippen LogP contribution in [0.2, 0.25) is 5.02 Å². The van der Waals surface area contributed by atoms with Gasteiger partial charge in [-0.05, 0) is 36.8 Å². The number of para-hydroxylation sites is 1. The molecule has 0 fully saturated rings. The van der Waals surface area contributed by atoms with Crippen molar-refractivity contribution < 1.29 is 4.39 Å². The van der Waals surface area contributed by atoms with Gasteiger partial charge in [-0.15, -0.1) is 0 Å². The molecule has 2 aromatic carbocycles. The Morgan fingerprint density at radius 3 is 2.57 bits per heavy atom. The molecule has 3 aromatic rings. The van der Waals surface area contributed by atoms with E-state index in [9.17, 15) is 9.18 Å². The molecule has 0 radical (unpaired) electrons. The quantitative estimate of drug-likeness (QED) is 0.755. The van der Waals surface area contributed by atoms with E-state index >= 15 is 0 Å². The number of hydrogen-bond acceptors (Lipinski definition) is 1. The van der Waals surface area contributed by atoms with Gasteiger partial charge in [-0.1, -0.05) is 29.8 Å². The molecule has 3 rings (SSSR count). The topological polar surface area (TPSA) is 32.9 Å². The summed E-state index contributed by atoms with van der Waals surface area (Å²) in [7, 11) is 0. The van der Waals surface area contributed by atoms with Crippen LogP contribution in [-0.4, -0.2) is 4.98 Å². The molecule has 21 heavy (non-hydrogen) atoms. The first-order valence-corrected chi connectivity index (χ1v) is 6.98. The third-order valence-corrected chi connectivity index (χ3v) is 3.91. The van der Waals surface area contributed by atoms with E-state index in [-0.39, 0.29) is 11.2 Å². The lowest BCUT2D eigenvalue weighted by atomic mass is 10.0. The van der Waals surface area contributed by atoms with Crippen LogP contribution in [-0.2, 0) is 6.42 Å². The predicted octanol–water partition coefficient (Wildman–Crippen LogP) is 4.22. The first-order chi connectivity index (χ1) is 10.1. The summed E-state index contributed by atoms with van der Waals surface area (Å²) in [6, 6.07) is 11.4. The van der Waals surface area contributed by atoms with Gasteiger partial charge in [0, 0.05) is 23.1 Å². The highest BCUT2D eigenvalue weighted by molar-refractivity contribution is 6.35. The predicted molar refractivity (Wildman–Crippen MR) is 83.5 cm³/mol. The smallest absolute Gasteiger partial charge is 0.193 e. The van der Waals surface area contributed by atoms with Gasteiger partial charge in [0.05, 0.1) is 10.5 Å². The highest BCUT2D eigenvalue weighted by Crippen LogP contribution is 2.21. The van der Waals surface area contributed by atoms with Crippen LogP contribution in [0, 0.1) is 12.7 Å². The van der Waals surface area contributed by atoms with Crippen LogP contribution in [0.25, 0.3) is 10.9 Å². The maximum Gasteiger partial charge on any atom is 0.193 e. The number of H-pyrrole nitrogens is 1. The van der Waals surface area contributed by atoms with Crippen molar-refractivity contribution in [1.29, 1.82) is 0 Å². The highest BCUT2D eigenvalue weighted by atomic mass is 35.5. The standard InChI is InChI=1S/C17H13ClFNO/c1-10-14(9-11-5-7-12(19)8-6-11)17(21)13-3-2-4-15(18)16(13)20-10/h2-8H,9H2,1H3,(H,20,21). The second-order valence-electron chi connectivity index (χ2n) is 5.02. The van der Waals surface area contributed by atoms with E-state index < -0.39 is 0 Å². The molecule has 1 aromatic heterocycles. The first kappa shape index (κ1) is 13.8. The van der Waals surface area contributed by atoms with Crippen LogP contribution >= 0.6 is 11.6 Å². The summed E-state index contributed by atoms with van der Waals surface area (Å²) in [6.07, 6.45) is 0.462. The third-order valence-electron chi connectivity index (χ3n) is 3.59. The fourth-order valence-electron chi connectivity index (χ4n) is 2.46. The molecule has 2 nitrogen and oxygen atoms in total. The van der Waals surface area contributed by atoms with E-state index in [1.807, 2.05) is 6.92 Å². The van der Waals surface area contributed by atoms with Crippen molar-refractivity contribution in [2.45, 2.75) is 13.3 Å². The van der Waals surface area contributed by atoms with Gasteiger partial charge >= 0.3 is 0 Å². The lowest BCUT2D eigenvalue weighted by Crippen LogP contribution is -2.14. The Morgan fingerprint density at radius 1 is 1.14 bits per heavy atom. The van der Waals surface area contributed by atoms with Crippen molar-refractivity contribution in [2.75, 3.05) is 0 Å². The van der Waals surface area contributed by atoms with Crippen molar-refractivity contribution in [1.82, 2.24) is 4.98 Å². The molecule has 0 atom stereocenters. The average molecular weight is 302 g/mol. The molecule has 0 spiro atoms. The summed E-state index contributed by atoms with van der Waals surface area (Å²) in [5.41, 5.74) is 2.98. The lowest BCUT2D eigenvalue weighted by Gasteiger charge is -2.09. The summed E-state index contributed by atoms with van der Waals surface area (Å²) < 4.78 is 13.0. The number of fused-ring (bicyclic) bond motifs is 1. The maximum atomic E-state index is 13.0. The van der Waals surface area contributed by atoms with Crippen molar-refractivity contribution >= 4 is 22.5 Å². The van der Waals surface area contributed by atoms with Crippen LogP contribution in [0.4, 0.5) is 4.39 Å². The van der Waals surface area contributed by atoms with E-state index in [1.165, 1.54) is 12.1 Å². The SMILES string of the molecule is Cc1[nH]c2c(Cl)cccc2c(=O)c1Cc1ccc(F)cc1. The average Bonchev–Trinajstić information content (AvgIpc) is 2.47. The minimum Gasteiger partial charge on any atom is -0.357 e. The number of aromatic amines is 1. The second-order valence-corrected chi connectivity index (χ2v) is 5.43. The van der Waals surface area contributed by atoms with Gasteiger partial charge in [0.15, 0.2) is 5.43 Å². The summed E-state index contributed by atoms with van der Waals surface area (Å²) in [5, 5.41) is 1.10. The number of pyridine rings is 1. The molecule has 0 aliphatic carbocycles. The Balaban J connectivity index is 2.15. The van der Waals surface area contributed by atoms with Crippen molar-refractivity contribution in [3.05, 3.63) is 80.3 Å². The van der Waals surface area contributed by atoms with Gasteiger partial charge < -0.3 is 4.98 Å². The fourth-order valence-corrected chi connectivity index (χ4v) is 2.68. The zero-order chi connectivity index (χ0) is 15.0. The Kier molecular flexibility index (Phi) is 3.52. The summed E-state index contributed by atoms with van der Waals surface area (Å²) in [5.74, 6) is -0.283. The number of rotatable bonds is 2. The van der Waals surface area contributed by atoms with Crippen LogP contribution in [0.3, 0.4) is 0 Å². The molecule has 0 aliphatic rings. The number of benzene rings is 2. The van der Waals surface area contributed by atoms with E-state index in [0.717, 1.165) is 11.3 Å². The van der Waals surface area contributed by atoms with E-state index in [2.05, 4.69) is 4.98 Å². The summed E-state index contributed by atoms with van der Waals surface area (Å²) in [6.45, 7) is 1.85. The van der Waals surface area contributed by atoms with Gasteiger partial charge in [-0.3, -0.25) is 4.79 Å². The number of halogens is 2. The maximum absolute atomic E-state index is 13.0. The Hall–Kier alpha value is -2.13. The number of aromatic nitrogens is 1. The van der Waals surface area contributed by atoms with Crippen molar-refractivity contribution in [2.24, 2.45) is 0 Å². The number of aryl methyl sites for hydroxylation is 1. The zero-order valence-corrected chi connectivity index (χ0v) is 12.2. The number of nitrogens with one attached hydrogen (secondary N) is 1. The number of hydrogen-bond donors (Lipinski definition) is 1. The van der Waals surface area contributed by atoms with Gasteiger partial charge in [0.1, 0.15) is 5.82 Å². The van der Waals surface area contributed by atoms with Gasteiger partial charge in [-0.25, -0.2) is 4.39 Å². The fraction of sp³-hybridized carbons (Fsp3) is 0.118. The van der Waals surface area contributed by atoms with Gasteiger partial charge in [0.25, 0.3) is 0 Å². The molecule has 0 unspecified atom stereocenters. The molecule has 4 heteroatoms. The molecule has 1 N–H and O–H groups in total. The summed E-state index contributed by atoms with van der Waals surface area (Å²) in [4.78, 5) is 15.8. The molecule has 1 heterocycles. The normalized spacial score (nSPS) is 11.0. The molecular formula is C17H13ClFNO. The molecule has 0 saturated heterocycles. The molecule has 0 saturated carbocycles. The largest absolute Gasteiger partial charge is 0.357 e. The highest BCUT2D eigenvalue weighted by Gasteiger charge is 2.11. The van der Waals surface area contributed by atoms with E-state index in [0.29, 0.717) is 27.9 Å². The Bertz CT molecular complexity index is 868. The van der Waals surface area contributed by atoms with Crippen LogP contribution in [0.1, 0.15) is 16.8 Å². The summed E-state index contributed by atoms with van der Waals surface area (Å²) >= 11 is 6.12. The minimum atomic E-state index is -0.283. The molecule has 0 amide bonds. The Morgan fingerprint density at radius 2 is 1.86 bits per heavy atom. The Labute approximate surface area is 126 Å². The lowest BCUT2D eigenvalue weighted by molar-refractivity contribution is 0.627. The van der Waals surface area contributed by atoms with Crippen molar-refractivity contribution in [3.63, 3.8) is 0 Å². The monoisotopic (exact) mass is 301 g/mol. The van der Waals surface area contributed by atoms with Crippen molar-refractivity contribution in [3.8, 4) is 0 Å².